The van der Waals surface area contributed by atoms with Crippen molar-refractivity contribution in [2.75, 3.05) is 39.6 Å². The lowest BCUT2D eigenvalue weighted by Crippen LogP contribution is -2.30. The maximum Gasteiger partial charge on any atom is 0.472 e. The van der Waals surface area contributed by atoms with Gasteiger partial charge in [0, 0.05) is 19.3 Å². The summed E-state index contributed by atoms with van der Waals surface area (Å²) >= 11 is 0. The molecule has 0 bridgehead atoms. The number of aliphatic hydroxyl groups is 2. The van der Waals surface area contributed by atoms with E-state index in [1.807, 2.05) is 12.2 Å². The number of carbonyl (C=O) groups excluding carboxylic acids is 3. The second kappa shape index (κ2) is 78.5. The Balaban J connectivity index is 4.58. The molecule has 598 valence electrons. The largest absolute Gasteiger partial charge is 0.472 e. The number of allylic oxidation sites excluding steroid dienone is 28. The molecule has 0 aromatic carbocycles. The Morgan fingerprint density at radius 3 is 0.829 bits per heavy atom. The first-order chi connectivity index (χ1) is 51.2. The van der Waals surface area contributed by atoms with Gasteiger partial charge in [-0.05, 0) is 148 Å². The highest BCUT2D eigenvalue weighted by atomic mass is 31.2. The lowest BCUT2D eigenvalue weighted by molar-refractivity contribution is -0.161. The molecule has 0 aliphatic heterocycles. The molecular weight excluding hydrogens is 1360 g/mol. The minimum Gasteiger partial charge on any atom is -0.463 e. The van der Waals surface area contributed by atoms with Crippen molar-refractivity contribution in [2.45, 2.75) is 322 Å². The number of phosphoric acid groups is 2. The Bertz CT molecular complexity index is 2590. The van der Waals surface area contributed by atoms with E-state index in [4.69, 9.17) is 32.3 Å². The molecule has 105 heavy (non-hydrogen) atoms. The topological polar surface area (TPSA) is 231 Å². The minimum atomic E-state index is -4.96. The van der Waals surface area contributed by atoms with Gasteiger partial charge in [-0.3, -0.25) is 32.5 Å². The van der Waals surface area contributed by atoms with E-state index in [1.165, 1.54) is 96.3 Å². The molecule has 0 saturated carbocycles. The number of aliphatic hydroxyl groups excluding tert-OH is 2. The summed E-state index contributed by atoms with van der Waals surface area (Å²) in [6.07, 6.45) is 99.9. The molecule has 5 unspecified atom stereocenters. The molecule has 18 heteroatoms. The van der Waals surface area contributed by atoms with Crippen LogP contribution in [0.3, 0.4) is 0 Å². The third kappa shape index (κ3) is 79.8. The Labute approximate surface area is 637 Å². The average molecular weight is 1510 g/mol. The number of hydrogen-bond acceptors (Lipinski definition) is 14. The highest BCUT2D eigenvalue weighted by Gasteiger charge is 2.29. The molecule has 0 spiro atoms. The second-order valence-electron chi connectivity index (χ2n) is 26.5. The van der Waals surface area contributed by atoms with E-state index in [0.717, 1.165) is 141 Å². The van der Waals surface area contributed by atoms with Gasteiger partial charge in [0.25, 0.3) is 0 Å². The first-order valence-electron chi connectivity index (χ1n) is 40.4. The van der Waals surface area contributed by atoms with Crippen LogP contribution in [0.4, 0.5) is 0 Å². The van der Waals surface area contributed by atoms with Gasteiger partial charge in [0.05, 0.1) is 26.4 Å². The van der Waals surface area contributed by atoms with E-state index in [9.17, 15) is 43.5 Å². The average Bonchev–Trinajstić information content (AvgIpc) is 0.917. The SMILES string of the molecule is CC/C=C\C/C=C\C/C=C\C/C=C\C/C=C\CCCCCCCCCCCCCCCCCC(=O)OCC(O)COP(=O)(O)OCC(O)COP(=O)(O)OCC(COC(=O)CCCCCCC/C=C\C/C=C\C/C=C\C/C=C\CCCCC)OC(=O)CCC/C=C\C/C=C\C/C=C\C/C=C\C/C=C\CC. The molecule has 0 fully saturated rings. The normalized spacial score (nSPS) is 14.8. The van der Waals surface area contributed by atoms with E-state index in [1.54, 1.807) is 0 Å². The van der Waals surface area contributed by atoms with E-state index in [2.05, 4.69) is 179 Å². The summed E-state index contributed by atoms with van der Waals surface area (Å²) in [5, 5.41) is 20.7. The van der Waals surface area contributed by atoms with Gasteiger partial charge >= 0.3 is 33.6 Å². The third-order valence-electron chi connectivity index (χ3n) is 16.4. The van der Waals surface area contributed by atoms with Crippen LogP contribution >= 0.6 is 15.6 Å². The monoisotopic (exact) mass is 1510 g/mol. The van der Waals surface area contributed by atoms with Crippen molar-refractivity contribution in [1.29, 1.82) is 0 Å². The summed E-state index contributed by atoms with van der Waals surface area (Å²) in [7, 11) is -9.83. The Morgan fingerprint density at radius 1 is 0.276 bits per heavy atom. The number of hydrogen-bond donors (Lipinski definition) is 4. The van der Waals surface area contributed by atoms with Crippen LogP contribution in [-0.4, -0.2) is 95.9 Å². The fourth-order valence-corrected chi connectivity index (χ4v) is 11.9. The summed E-state index contributed by atoms with van der Waals surface area (Å²) in [6.45, 7) is 2.33. The lowest BCUT2D eigenvalue weighted by atomic mass is 10.0. The number of rotatable bonds is 75. The molecule has 0 aromatic heterocycles. The Morgan fingerprint density at radius 2 is 0.514 bits per heavy atom. The number of esters is 3. The Kier molecular flexibility index (Phi) is 74.7. The van der Waals surface area contributed by atoms with Crippen molar-refractivity contribution in [3.63, 3.8) is 0 Å². The zero-order valence-corrected chi connectivity index (χ0v) is 67.1. The smallest absolute Gasteiger partial charge is 0.463 e. The van der Waals surface area contributed by atoms with Gasteiger partial charge in [-0.1, -0.05) is 306 Å². The van der Waals surface area contributed by atoms with Gasteiger partial charge in [-0.2, -0.15) is 0 Å². The van der Waals surface area contributed by atoms with Crippen LogP contribution < -0.4 is 0 Å². The minimum absolute atomic E-state index is 0.0164. The van der Waals surface area contributed by atoms with Crippen molar-refractivity contribution in [2.24, 2.45) is 0 Å². The summed E-state index contributed by atoms with van der Waals surface area (Å²) in [5.41, 5.74) is 0. The van der Waals surface area contributed by atoms with Crippen LogP contribution in [0, 0.1) is 0 Å². The highest BCUT2D eigenvalue weighted by molar-refractivity contribution is 7.47. The molecule has 0 rings (SSSR count). The van der Waals surface area contributed by atoms with Crippen LogP contribution in [-0.2, 0) is 55.8 Å². The van der Waals surface area contributed by atoms with Crippen LogP contribution in [0.25, 0.3) is 0 Å². The van der Waals surface area contributed by atoms with Crippen molar-refractivity contribution in [3.8, 4) is 0 Å². The zero-order chi connectivity index (χ0) is 76.6. The molecule has 0 heterocycles. The van der Waals surface area contributed by atoms with E-state index in [-0.39, 0.29) is 19.3 Å². The molecule has 0 radical (unpaired) electrons. The number of unbranched alkanes of at least 4 members (excludes halogenated alkanes) is 24. The number of carbonyl (C=O) groups is 3. The standard InChI is InChI=1S/C87H144O16P2/c1-4-7-10-13-16-19-22-25-28-31-33-35-36-37-38-39-40-41-42-43-44-46-48-50-52-55-58-61-64-67-70-73-85(90)97-76-82(88)77-99-104(93,94)100-78-83(89)79-101-105(95,96)102-81-84(103-87(92)75-72-69-66-63-60-57-54-49-30-27-24-21-18-15-12-9-6-3)80-98-86(91)74-71-68-65-62-59-56-53-51-47-45-34-32-29-26-23-20-17-14-11-8-5-2/h7,9-10,12,16-21,25-30,33-35,37-38,45,51,53-54,57,63,66,82-84,88-89H,4-6,8,11,13-15,22-24,31-32,36,39-44,46-50,52,55-56,58-62,64-65,67-81H2,1-3H3,(H,93,94)(H,95,96)/b10-7-,12-9-,19-16-,20-17-,21-18-,28-25-,29-26-,30-27-,35-33-,38-37-,45-34-,53-51-,57-54-,66-63-. The molecular formula is C87H144O16P2. The van der Waals surface area contributed by atoms with Crippen LogP contribution in [0.5, 0.6) is 0 Å². The maximum absolute atomic E-state index is 13.0. The van der Waals surface area contributed by atoms with Crippen molar-refractivity contribution < 1.29 is 75.8 Å². The Hall–Kier alpha value is -5.09. The molecule has 0 aliphatic carbocycles. The van der Waals surface area contributed by atoms with Gasteiger partial charge in [0.2, 0.25) is 0 Å². The first-order valence-corrected chi connectivity index (χ1v) is 43.4. The summed E-state index contributed by atoms with van der Waals surface area (Å²) in [6, 6.07) is 0. The summed E-state index contributed by atoms with van der Waals surface area (Å²) < 4.78 is 61.1. The van der Waals surface area contributed by atoms with Crippen LogP contribution in [0.15, 0.2) is 170 Å². The van der Waals surface area contributed by atoms with Gasteiger partial charge in [0.1, 0.15) is 25.4 Å². The molecule has 5 atom stereocenters. The number of phosphoric ester groups is 2. The molecule has 4 N–H and O–H groups in total. The predicted molar refractivity (Wildman–Crippen MR) is 435 cm³/mol. The summed E-state index contributed by atoms with van der Waals surface area (Å²) in [5.74, 6) is -1.67. The van der Waals surface area contributed by atoms with E-state index in [0.29, 0.717) is 25.7 Å². The van der Waals surface area contributed by atoms with Crippen LogP contribution in [0.1, 0.15) is 303 Å². The van der Waals surface area contributed by atoms with Crippen molar-refractivity contribution in [3.05, 3.63) is 170 Å². The van der Waals surface area contributed by atoms with Gasteiger partial charge < -0.3 is 34.2 Å². The highest BCUT2D eigenvalue weighted by Crippen LogP contribution is 2.45. The first kappa shape index (κ1) is 99.9. The van der Waals surface area contributed by atoms with Crippen molar-refractivity contribution >= 4 is 33.6 Å². The third-order valence-corrected chi connectivity index (χ3v) is 18.3. The fraction of sp³-hybridized carbons (Fsp3) is 0.644. The van der Waals surface area contributed by atoms with Gasteiger partial charge in [-0.25, -0.2) is 9.13 Å². The fourth-order valence-electron chi connectivity index (χ4n) is 10.3. The zero-order valence-electron chi connectivity index (χ0n) is 65.3. The molecule has 0 saturated heterocycles. The molecule has 0 aromatic rings. The molecule has 0 amide bonds. The van der Waals surface area contributed by atoms with Crippen LogP contribution in [0.2, 0.25) is 0 Å². The van der Waals surface area contributed by atoms with Gasteiger partial charge in [-0.15, -0.1) is 0 Å². The quantitative estimate of drug-likeness (QED) is 0.0146. The lowest BCUT2D eigenvalue weighted by Gasteiger charge is -2.21. The molecule has 16 nitrogen and oxygen atoms in total. The summed E-state index contributed by atoms with van der Waals surface area (Å²) in [4.78, 5) is 58.7. The number of ether oxygens (including phenoxy) is 3. The van der Waals surface area contributed by atoms with Crippen molar-refractivity contribution in [1.82, 2.24) is 0 Å². The maximum atomic E-state index is 13.0. The predicted octanol–water partition coefficient (Wildman–Crippen LogP) is 24.0. The van der Waals surface area contributed by atoms with E-state index < -0.39 is 91.5 Å². The molecule has 0 aliphatic rings. The second-order valence-corrected chi connectivity index (χ2v) is 29.4. The van der Waals surface area contributed by atoms with Gasteiger partial charge in [0.15, 0.2) is 6.10 Å². The van der Waals surface area contributed by atoms with E-state index >= 15 is 0 Å².